The van der Waals surface area contributed by atoms with Gasteiger partial charge in [-0.1, -0.05) is 11.8 Å². The van der Waals surface area contributed by atoms with Crippen LogP contribution in [0.25, 0.3) is 0 Å². The van der Waals surface area contributed by atoms with Crippen LogP contribution in [0.15, 0.2) is 9.72 Å². The highest BCUT2D eigenvalue weighted by atomic mass is 32.2. The summed E-state index contributed by atoms with van der Waals surface area (Å²) in [5, 5.41) is 1.96. The van der Waals surface area contributed by atoms with Gasteiger partial charge in [0.1, 0.15) is 6.04 Å². The molecule has 0 radical (unpaired) electrons. The smallest absolute Gasteiger partial charge is 0.240 e. The largest absolute Gasteiger partial charge is 0.368 e. The van der Waals surface area contributed by atoms with Crippen LogP contribution in [-0.2, 0) is 9.59 Å². The van der Waals surface area contributed by atoms with Gasteiger partial charge in [-0.2, -0.15) is 0 Å². The molecular formula is C12H17N3O2S2. The maximum absolute atomic E-state index is 12.2. The van der Waals surface area contributed by atoms with Crippen molar-refractivity contribution in [3.05, 3.63) is 11.1 Å². The van der Waals surface area contributed by atoms with Crippen LogP contribution in [0.3, 0.4) is 0 Å². The Hall–Kier alpha value is -1.08. The maximum Gasteiger partial charge on any atom is 0.240 e. The monoisotopic (exact) mass is 299 g/mol. The van der Waals surface area contributed by atoms with E-state index in [2.05, 4.69) is 4.98 Å². The Morgan fingerprint density at radius 2 is 2.37 bits per heavy atom. The minimum absolute atomic E-state index is 0.0265. The quantitative estimate of drug-likeness (QED) is 0.853. The molecule has 7 heteroatoms. The summed E-state index contributed by atoms with van der Waals surface area (Å²) in [7, 11) is 0. The third-order valence-electron chi connectivity index (χ3n) is 3.07. The number of primary amides is 1. The third-order valence-corrected chi connectivity index (χ3v) is 5.19. The van der Waals surface area contributed by atoms with Gasteiger partial charge in [-0.05, 0) is 26.2 Å². The Kier molecular flexibility index (Phi) is 4.81. The highest BCUT2D eigenvalue weighted by molar-refractivity contribution is 8.01. The number of hydrogen-bond donors (Lipinski definition) is 1. The highest BCUT2D eigenvalue weighted by Gasteiger charge is 2.30. The molecule has 2 N–H and O–H groups in total. The molecule has 104 valence electrons. The number of carbonyl (C=O) groups is 2. The van der Waals surface area contributed by atoms with E-state index in [1.807, 2.05) is 12.3 Å². The number of likely N-dealkylation sites (tertiary alicyclic amines) is 1. The topological polar surface area (TPSA) is 76.3 Å². The van der Waals surface area contributed by atoms with Gasteiger partial charge in [0.15, 0.2) is 4.34 Å². The summed E-state index contributed by atoms with van der Waals surface area (Å²) >= 11 is 2.96. The predicted octanol–water partition coefficient (Wildman–Crippen LogP) is 1.41. The molecule has 5 nitrogen and oxygen atoms in total. The first-order valence-electron chi connectivity index (χ1n) is 6.21. The van der Waals surface area contributed by atoms with Crippen molar-refractivity contribution in [2.24, 2.45) is 5.73 Å². The summed E-state index contributed by atoms with van der Waals surface area (Å²) in [5.74, 6) is -0.110. The molecule has 1 aliphatic heterocycles. The lowest BCUT2D eigenvalue weighted by atomic mass is 10.0. The molecule has 1 saturated heterocycles. The van der Waals surface area contributed by atoms with Gasteiger partial charge in [0.05, 0.1) is 5.75 Å². The maximum atomic E-state index is 12.2. The van der Waals surface area contributed by atoms with Gasteiger partial charge in [0, 0.05) is 17.6 Å². The van der Waals surface area contributed by atoms with Gasteiger partial charge < -0.3 is 10.6 Å². The van der Waals surface area contributed by atoms with Crippen molar-refractivity contribution < 1.29 is 9.59 Å². The first-order valence-corrected chi connectivity index (χ1v) is 8.08. The fraction of sp³-hybridized carbons (Fsp3) is 0.583. The van der Waals surface area contributed by atoms with Gasteiger partial charge in [-0.15, -0.1) is 11.3 Å². The lowest BCUT2D eigenvalue weighted by Crippen LogP contribution is -2.51. The Bertz CT molecular complexity index is 475. The summed E-state index contributed by atoms with van der Waals surface area (Å²) in [6, 6.07) is -0.431. The van der Waals surface area contributed by atoms with E-state index in [9.17, 15) is 9.59 Å². The van der Waals surface area contributed by atoms with Gasteiger partial charge in [-0.25, -0.2) is 4.98 Å². The van der Waals surface area contributed by atoms with Crippen LogP contribution in [0.5, 0.6) is 0 Å². The molecule has 2 heterocycles. The summed E-state index contributed by atoms with van der Waals surface area (Å²) < 4.78 is 0.887. The number of nitrogens with two attached hydrogens (primary N) is 1. The minimum atomic E-state index is -0.431. The van der Waals surface area contributed by atoms with E-state index in [0.717, 1.165) is 22.9 Å². The second-order valence-corrected chi connectivity index (χ2v) is 6.63. The fourth-order valence-electron chi connectivity index (χ4n) is 2.13. The zero-order valence-corrected chi connectivity index (χ0v) is 12.4. The number of thioether (sulfide) groups is 1. The zero-order valence-electron chi connectivity index (χ0n) is 10.8. The predicted molar refractivity (Wildman–Crippen MR) is 76.1 cm³/mol. The zero-order chi connectivity index (χ0) is 13.8. The van der Waals surface area contributed by atoms with E-state index in [1.165, 1.54) is 23.1 Å². The third kappa shape index (κ3) is 3.70. The van der Waals surface area contributed by atoms with Crippen LogP contribution in [0.4, 0.5) is 0 Å². The second kappa shape index (κ2) is 6.38. The number of aryl methyl sites for hydroxylation is 1. The molecule has 1 atom stereocenters. The molecule has 0 bridgehead atoms. The molecule has 2 rings (SSSR count). The molecule has 1 aliphatic rings. The molecule has 0 aliphatic carbocycles. The van der Waals surface area contributed by atoms with E-state index in [4.69, 9.17) is 5.73 Å². The van der Waals surface area contributed by atoms with Crippen LogP contribution < -0.4 is 5.73 Å². The molecule has 1 fully saturated rings. The molecule has 1 unspecified atom stereocenters. The van der Waals surface area contributed by atoms with Gasteiger partial charge in [0.25, 0.3) is 0 Å². The molecule has 1 aromatic heterocycles. The van der Waals surface area contributed by atoms with Crippen molar-refractivity contribution in [2.45, 2.75) is 36.6 Å². The van der Waals surface area contributed by atoms with Crippen molar-refractivity contribution in [1.82, 2.24) is 9.88 Å². The van der Waals surface area contributed by atoms with E-state index in [1.54, 1.807) is 4.90 Å². The average Bonchev–Trinajstić information content (AvgIpc) is 2.81. The number of carbonyl (C=O) groups excluding carboxylic acids is 2. The highest BCUT2D eigenvalue weighted by Crippen LogP contribution is 2.24. The van der Waals surface area contributed by atoms with Crippen LogP contribution in [-0.4, -0.2) is 40.0 Å². The number of amides is 2. The normalized spacial score (nSPS) is 19.4. The number of aromatic nitrogens is 1. The Labute approximate surface area is 120 Å². The summed E-state index contributed by atoms with van der Waals surface area (Å²) in [4.78, 5) is 29.5. The standard InChI is InChI=1S/C12H17N3O2S2/c1-8-6-18-12(14-8)19-7-10(16)15-5-3-2-4-9(15)11(13)17/h6,9H,2-5,7H2,1H3,(H2,13,17). The van der Waals surface area contributed by atoms with Gasteiger partial charge in [-0.3, -0.25) is 9.59 Å². The van der Waals surface area contributed by atoms with Crippen LogP contribution >= 0.6 is 23.1 Å². The average molecular weight is 299 g/mol. The summed E-state index contributed by atoms with van der Waals surface area (Å²) in [6.07, 6.45) is 2.58. The first kappa shape index (κ1) is 14.3. The van der Waals surface area contributed by atoms with Gasteiger partial charge >= 0.3 is 0 Å². The molecular weight excluding hydrogens is 282 g/mol. The fourth-order valence-corrected chi connectivity index (χ4v) is 3.87. The molecule has 0 saturated carbocycles. The van der Waals surface area contributed by atoms with Crippen LogP contribution in [0.1, 0.15) is 25.0 Å². The van der Waals surface area contributed by atoms with E-state index >= 15 is 0 Å². The Balaban J connectivity index is 1.92. The number of piperidine rings is 1. The van der Waals surface area contributed by atoms with E-state index in [0.29, 0.717) is 18.7 Å². The summed E-state index contributed by atoms with van der Waals surface area (Å²) in [5.41, 5.74) is 6.32. The Morgan fingerprint density at radius 3 is 3.00 bits per heavy atom. The molecule has 2 amide bonds. The first-order chi connectivity index (χ1) is 9.08. The lowest BCUT2D eigenvalue weighted by Gasteiger charge is -2.33. The number of thiazole rings is 1. The minimum Gasteiger partial charge on any atom is -0.368 e. The van der Waals surface area contributed by atoms with E-state index < -0.39 is 11.9 Å². The van der Waals surface area contributed by atoms with Crippen LogP contribution in [0, 0.1) is 6.92 Å². The molecule has 0 spiro atoms. The van der Waals surface area contributed by atoms with Crippen LogP contribution in [0.2, 0.25) is 0 Å². The number of rotatable bonds is 4. The number of nitrogens with zero attached hydrogens (tertiary/aromatic N) is 2. The van der Waals surface area contributed by atoms with Gasteiger partial charge in [0.2, 0.25) is 11.8 Å². The molecule has 19 heavy (non-hydrogen) atoms. The Morgan fingerprint density at radius 1 is 1.58 bits per heavy atom. The lowest BCUT2D eigenvalue weighted by molar-refractivity contribution is -0.138. The number of hydrogen-bond acceptors (Lipinski definition) is 5. The molecule has 0 aromatic carbocycles. The summed E-state index contributed by atoms with van der Waals surface area (Å²) in [6.45, 7) is 2.56. The SMILES string of the molecule is Cc1csc(SCC(=O)N2CCCCC2C(N)=O)n1. The second-order valence-electron chi connectivity index (χ2n) is 4.54. The molecule has 1 aromatic rings. The van der Waals surface area contributed by atoms with Crippen molar-refractivity contribution in [2.75, 3.05) is 12.3 Å². The van der Waals surface area contributed by atoms with E-state index in [-0.39, 0.29) is 5.91 Å². The van der Waals surface area contributed by atoms with Crippen molar-refractivity contribution in [3.8, 4) is 0 Å². The van der Waals surface area contributed by atoms with Crippen molar-refractivity contribution in [3.63, 3.8) is 0 Å². The van der Waals surface area contributed by atoms with Crippen molar-refractivity contribution in [1.29, 1.82) is 0 Å². The van der Waals surface area contributed by atoms with Crippen molar-refractivity contribution >= 4 is 34.9 Å².